The van der Waals surface area contributed by atoms with Crippen molar-refractivity contribution in [2.75, 3.05) is 0 Å². The van der Waals surface area contributed by atoms with Crippen molar-refractivity contribution in [3.63, 3.8) is 0 Å². The molecule has 2 N–H and O–H groups in total. The number of carboxylic acid groups (broad SMARTS) is 1. The fourth-order valence-electron chi connectivity index (χ4n) is 1.16. The van der Waals surface area contributed by atoms with E-state index < -0.39 is 5.97 Å². The molecule has 2 rings (SSSR count). The quantitative estimate of drug-likeness (QED) is 0.792. The molecular weight excluding hydrogens is 230 g/mol. The number of H-pyrrole nitrogens is 1. The zero-order chi connectivity index (χ0) is 11.5. The van der Waals surface area contributed by atoms with Crippen LogP contribution in [0.15, 0.2) is 28.0 Å². The van der Waals surface area contributed by atoms with Crippen molar-refractivity contribution in [2.24, 2.45) is 0 Å². The van der Waals surface area contributed by atoms with E-state index in [-0.39, 0.29) is 11.0 Å². The molecule has 0 aliphatic heterocycles. The van der Waals surface area contributed by atoms with Crippen LogP contribution in [-0.4, -0.2) is 26.3 Å². The Hall–Kier alpha value is -1.76. The molecule has 1 unspecified atom stereocenters. The number of carboxylic acids is 1. The SMILES string of the molecule is CC(Sc1ncn[nH]1)c1ccc(C(=O)O)o1. The van der Waals surface area contributed by atoms with Crippen LogP contribution in [0, 0.1) is 0 Å². The van der Waals surface area contributed by atoms with Gasteiger partial charge in [0, 0.05) is 0 Å². The van der Waals surface area contributed by atoms with E-state index in [9.17, 15) is 4.79 Å². The molecule has 7 heteroatoms. The second-order valence-corrected chi connectivity index (χ2v) is 4.39. The summed E-state index contributed by atoms with van der Waals surface area (Å²) in [6.07, 6.45) is 1.42. The number of aromatic nitrogens is 3. The van der Waals surface area contributed by atoms with Crippen molar-refractivity contribution in [1.82, 2.24) is 15.2 Å². The number of aromatic amines is 1. The molecule has 0 aromatic carbocycles. The summed E-state index contributed by atoms with van der Waals surface area (Å²) in [5.74, 6) is -0.526. The van der Waals surface area contributed by atoms with Gasteiger partial charge in [0.1, 0.15) is 12.1 Å². The lowest BCUT2D eigenvalue weighted by molar-refractivity contribution is 0.0660. The summed E-state index contributed by atoms with van der Waals surface area (Å²) in [6.45, 7) is 1.90. The van der Waals surface area contributed by atoms with Crippen LogP contribution in [0.1, 0.15) is 28.5 Å². The maximum atomic E-state index is 10.6. The van der Waals surface area contributed by atoms with E-state index >= 15 is 0 Å². The molecule has 16 heavy (non-hydrogen) atoms. The number of hydrogen-bond donors (Lipinski definition) is 2. The van der Waals surface area contributed by atoms with Gasteiger partial charge in [0.25, 0.3) is 0 Å². The number of nitrogens with zero attached hydrogens (tertiary/aromatic N) is 2. The molecule has 0 saturated carbocycles. The van der Waals surface area contributed by atoms with Crippen LogP contribution in [0.2, 0.25) is 0 Å². The van der Waals surface area contributed by atoms with E-state index in [0.29, 0.717) is 10.9 Å². The third kappa shape index (κ3) is 2.25. The van der Waals surface area contributed by atoms with Gasteiger partial charge >= 0.3 is 5.97 Å². The first kappa shape index (κ1) is 10.7. The van der Waals surface area contributed by atoms with E-state index in [1.54, 1.807) is 6.07 Å². The molecule has 0 amide bonds. The summed E-state index contributed by atoms with van der Waals surface area (Å²) in [6, 6.07) is 3.09. The molecule has 6 nitrogen and oxygen atoms in total. The average Bonchev–Trinajstić information content (AvgIpc) is 2.86. The number of hydrogen-bond acceptors (Lipinski definition) is 5. The molecule has 0 aliphatic rings. The summed E-state index contributed by atoms with van der Waals surface area (Å²) in [5, 5.41) is 15.8. The molecule has 0 fully saturated rings. The Morgan fingerprint density at radius 2 is 2.44 bits per heavy atom. The van der Waals surface area contributed by atoms with Crippen molar-refractivity contribution in [3.05, 3.63) is 30.0 Å². The molecular formula is C9H9N3O3S. The Balaban J connectivity index is 2.08. The van der Waals surface area contributed by atoms with Gasteiger partial charge in [0.2, 0.25) is 5.76 Å². The molecule has 0 bridgehead atoms. The first-order chi connectivity index (χ1) is 7.66. The Morgan fingerprint density at radius 1 is 1.62 bits per heavy atom. The molecule has 2 aromatic rings. The van der Waals surface area contributed by atoms with Gasteiger partial charge in [-0.3, -0.25) is 5.10 Å². The lowest BCUT2D eigenvalue weighted by Gasteiger charge is -2.04. The van der Waals surface area contributed by atoms with Crippen molar-refractivity contribution < 1.29 is 14.3 Å². The average molecular weight is 239 g/mol. The van der Waals surface area contributed by atoms with Crippen LogP contribution in [0.3, 0.4) is 0 Å². The van der Waals surface area contributed by atoms with E-state index in [1.165, 1.54) is 24.2 Å². The first-order valence-electron chi connectivity index (χ1n) is 4.52. The highest BCUT2D eigenvalue weighted by Crippen LogP contribution is 2.33. The largest absolute Gasteiger partial charge is 0.475 e. The summed E-state index contributed by atoms with van der Waals surface area (Å²) in [5.41, 5.74) is 0. The minimum Gasteiger partial charge on any atom is -0.475 e. The number of nitrogens with one attached hydrogen (secondary N) is 1. The smallest absolute Gasteiger partial charge is 0.371 e. The van der Waals surface area contributed by atoms with Crippen LogP contribution >= 0.6 is 11.8 Å². The van der Waals surface area contributed by atoms with Gasteiger partial charge in [-0.05, 0) is 19.1 Å². The number of furan rings is 1. The van der Waals surface area contributed by atoms with Crippen molar-refractivity contribution in [2.45, 2.75) is 17.3 Å². The Kier molecular flexibility index (Phi) is 2.95. The van der Waals surface area contributed by atoms with Gasteiger partial charge < -0.3 is 9.52 Å². The minimum atomic E-state index is -1.07. The fourth-order valence-corrected chi connectivity index (χ4v) is 1.95. The predicted molar refractivity (Wildman–Crippen MR) is 56.3 cm³/mol. The van der Waals surface area contributed by atoms with Crippen molar-refractivity contribution in [1.29, 1.82) is 0 Å². The second kappa shape index (κ2) is 4.40. The number of aromatic carboxylic acids is 1. The van der Waals surface area contributed by atoms with Crippen LogP contribution in [-0.2, 0) is 0 Å². The topological polar surface area (TPSA) is 92.0 Å². The van der Waals surface area contributed by atoms with Gasteiger partial charge in [0.05, 0.1) is 5.25 Å². The van der Waals surface area contributed by atoms with Gasteiger partial charge in [-0.2, -0.15) is 5.10 Å². The zero-order valence-electron chi connectivity index (χ0n) is 8.38. The zero-order valence-corrected chi connectivity index (χ0v) is 9.19. The Bertz CT molecular complexity index is 480. The highest BCUT2D eigenvalue weighted by molar-refractivity contribution is 7.99. The third-order valence-electron chi connectivity index (χ3n) is 1.92. The lowest BCUT2D eigenvalue weighted by Crippen LogP contribution is -1.92. The molecule has 0 saturated heterocycles. The highest BCUT2D eigenvalue weighted by atomic mass is 32.2. The Morgan fingerprint density at radius 3 is 3.00 bits per heavy atom. The van der Waals surface area contributed by atoms with Crippen LogP contribution in [0.5, 0.6) is 0 Å². The molecule has 84 valence electrons. The van der Waals surface area contributed by atoms with Gasteiger partial charge in [0.15, 0.2) is 5.16 Å². The number of carbonyl (C=O) groups is 1. The molecule has 2 aromatic heterocycles. The second-order valence-electron chi connectivity index (χ2n) is 3.06. The van der Waals surface area contributed by atoms with E-state index in [1.807, 2.05) is 6.92 Å². The number of rotatable bonds is 4. The van der Waals surface area contributed by atoms with Crippen LogP contribution in [0.25, 0.3) is 0 Å². The van der Waals surface area contributed by atoms with Crippen molar-refractivity contribution in [3.8, 4) is 0 Å². The summed E-state index contributed by atoms with van der Waals surface area (Å²) < 4.78 is 5.17. The summed E-state index contributed by atoms with van der Waals surface area (Å²) in [4.78, 5) is 14.6. The van der Waals surface area contributed by atoms with Crippen molar-refractivity contribution >= 4 is 17.7 Å². The summed E-state index contributed by atoms with van der Waals surface area (Å²) in [7, 11) is 0. The number of thioether (sulfide) groups is 1. The Labute approximate surface area is 95.1 Å². The normalized spacial score (nSPS) is 12.6. The van der Waals surface area contributed by atoms with E-state index in [2.05, 4.69) is 15.2 Å². The first-order valence-corrected chi connectivity index (χ1v) is 5.40. The van der Waals surface area contributed by atoms with E-state index in [4.69, 9.17) is 9.52 Å². The molecule has 0 aliphatic carbocycles. The molecule has 0 radical (unpaired) electrons. The lowest BCUT2D eigenvalue weighted by atomic mass is 10.3. The van der Waals surface area contributed by atoms with Gasteiger partial charge in [-0.25, -0.2) is 9.78 Å². The van der Waals surface area contributed by atoms with Crippen LogP contribution < -0.4 is 0 Å². The molecule has 0 spiro atoms. The summed E-state index contributed by atoms with van der Waals surface area (Å²) >= 11 is 1.41. The maximum absolute atomic E-state index is 10.6. The molecule has 1 atom stereocenters. The fraction of sp³-hybridized carbons (Fsp3) is 0.222. The molecule has 2 heterocycles. The van der Waals surface area contributed by atoms with Gasteiger partial charge in [-0.1, -0.05) is 11.8 Å². The standard InChI is InChI=1S/C9H9N3O3S/c1-5(16-9-10-4-11-12-9)6-2-3-7(15-6)8(13)14/h2-5H,1H3,(H,13,14)(H,10,11,12). The van der Waals surface area contributed by atoms with E-state index in [0.717, 1.165) is 0 Å². The predicted octanol–water partition coefficient (Wildman–Crippen LogP) is 1.95. The maximum Gasteiger partial charge on any atom is 0.371 e. The minimum absolute atomic E-state index is 0.0268. The third-order valence-corrected chi connectivity index (χ3v) is 2.93. The van der Waals surface area contributed by atoms with Gasteiger partial charge in [-0.15, -0.1) is 0 Å². The van der Waals surface area contributed by atoms with Crippen LogP contribution in [0.4, 0.5) is 0 Å². The highest BCUT2D eigenvalue weighted by Gasteiger charge is 2.16. The monoisotopic (exact) mass is 239 g/mol.